The number of carbonyl (C=O) groups is 1. The predicted molar refractivity (Wildman–Crippen MR) is 100 cm³/mol. The molecule has 1 saturated heterocycles. The van der Waals surface area contributed by atoms with Gasteiger partial charge in [-0.25, -0.2) is 4.79 Å². The first-order valence-corrected chi connectivity index (χ1v) is 9.53. The molecule has 156 valence electrons. The number of anilines is 1. The molecular formula is C22H17F4NO3. The maximum atomic E-state index is 15.2. The Morgan fingerprint density at radius 3 is 2.33 bits per heavy atom. The summed E-state index contributed by atoms with van der Waals surface area (Å²) in [5.74, 6) is -5.80. The number of carbonyl (C=O) groups excluding carboxylic acids is 1. The standard InChI is InChI=1S/C22H17F4NO3/c1-2-29-18(28)14-10-8-13(9-11-14)16-12-17-20(30-16)19(21(20,23)24)27(22(17,25)26)15-6-4-3-5-7-15/h3-12,17,19H,2H2,1H3. The molecule has 1 saturated carbocycles. The summed E-state index contributed by atoms with van der Waals surface area (Å²) in [7, 11) is 0. The summed E-state index contributed by atoms with van der Waals surface area (Å²) in [6, 6.07) is 7.98. The quantitative estimate of drug-likeness (QED) is 0.409. The molecule has 4 nitrogen and oxygen atoms in total. The number of alkyl halides is 4. The van der Waals surface area contributed by atoms with Crippen molar-refractivity contribution >= 4 is 17.4 Å². The molecule has 5 rings (SSSR count). The Kier molecular flexibility index (Phi) is 3.79. The molecule has 2 aromatic rings. The summed E-state index contributed by atoms with van der Waals surface area (Å²) < 4.78 is 70.5. The fraction of sp³-hybridized carbons (Fsp3) is 0.318. The summed E-state index contributed by atoms with van der Waals surface area (Å²) >= 11 is 0. The van der Waals surface area contributed by atoms with Gasteiger partial charge in [0.25, 0.3) is 0 Å². The minimum absolute atomic E-state index is 0.0239. The van der Waals surface area contributed by atoms with E-state index in [1.165, 1.54) is 48.5 Å². The molecule has 1 aliphatic carbocycles. The predicted octanol–water partition coefficient (Wildman–Crippen LogP) is 4.72. The molecule has 3 unspecified atom stereocenters. The molecule has 0 N–H and O–H groups in total. The number of benzene rings is 2. The molecule has 2 fully saturated rings. The summed E-state index contributed by atoms with van der Waals surface area (Å²) in [6.07, 6.45) is 1.08. The molecule has 3 atom stereocenters. The Bertz CT molecular complexity index is 1040. The zero-order chi connectivity index (χ0) is 21.3. The van der Waals surface area contributed by atoms with E-state index in [9.17, 15) is 13.6 Å². The van der Waals surface area contributed by atoms with E-state index >= 15 is 8.78 Å². The number of nitrogens with zero attached hydrogens (tertiary/aromatic N) is 1. The molecule has 2 aromatic carbocycles. The third-order valence-corrected chi connectivity index (χ3v) is 5.91. The van der Waals surface area contributed by atoms with Gasteiger partial charge in [-0.2, -0.15) is 17.6 Å². The zero-order valence-electron chi connectivity index (χ0n) is 15.8. The number of piperidine rings is 1. The monoisotopic (exact) mass is 419 g/mol. The SMILES string of the molecule is CCOC(=O)c1ccc(C2=CC3C(F)(F)N(c4ccccc4)C4C(F)(F)C34O2)cc1. The van der Waals surface area contributed by atoms with Crippen molar-refractivity contribution in [3.63, 3.8) is 0 Å². The van der Waals surface area contributed by atoms with E-state index in [1.807, 2.05) is 0 Å². The Balaban J connectivity index is 1.49. The number of hydrogen-bond donors (Lipinski definition) is 0. The Morgan fingerprint density at radius 1 is 1.07 bits per heavy atom. The van der Waals surface area contributed by atoms with E-state index in [2.05, 4.69) is 0 Å². The number of hydrogen-bond acceptors (Lipinski definition) is 4. The highest BCUT2D eigenvalue weighted by Gasteiger charge is 2.98. The number of rotatable bonds is 4. The summed E-state index contributed by atoms with van der Waals surface area (Å²) in [5, 5.41) is 0. The second kappa shape index (κ2) is 6.00. The van der Waals surface area contributed by atoms with Crippen molar-refractivity contribution in [2.24, 2.45) is 5.92 Å². The largest absolute Gasteiger partial charge is 0.477 e. The van der Waals surface area contributed by atoms with Crippen molar-refractivity contribution < 1.29 is 31.8 Å². The Labute approximate surface area is 169 Å². The number of esters is 1. The van der Waals surface area contributed by atoms with Gasteiger partial charge >= 0.3 is 17.9 Å². The van der Waals surface area contributed by atoms with Crippen LogP contribution in [0.4, 0.5) is 23.2 Å². The van der Waals surface area contributed by atoms with Gasteiger partial charge in [-0.1, -0.05) is 30.3 Å². The van der Waals surface area contributed by atoms with Gasteiger partial charge in [-0.15, -0.1) is 0 Å². The van der Waals surface area contributed by atoms with Gasteiger partial charge in [0.15, 0.2) is 0 Å². The second-order valence-corrected chi connectivity index (χ2v) is 7.52. The van der Waals surface area contributed by atoms with Gasteiger partial charge in [0.1, 0.15) is 17.7 Å². The highest BCUT2D eigenvalue weighted by Crippen LogP contribution is 2.75. The van der Waals surface area contributed by atoms with Crippen LogP contribution >= 0.6 is 0 Å². The van der Waals surface area contributed by atoms with Crippen LogP contribution < -0.4 is 4.90 Å². The molecule has 2 heterocycles. The lowest BCUT2D eigenvalue weighted by Crippen LogP contribution is -2.48. The van der Waals surface area contributed by atoms with Crippen LogP contribution in [0.15, 0.2) is 60.7 Å². The van der Waals surface area contributed by atoms with Gasteiger partial charge in [-0.05, 0) is 37.3 Å². The average molecular weight is 419 g/mol. The van der Waals surface area contributed by atoms with Gasteiger partial charge in [0.05, 0.1) is 12.2 Å². The van der Waals surface area contributed by atoms with Crippen molar-refractivity contribution in [2.75, 3.05) is 11.5 Å². The fourth-order valence-corrected chi connectivity index (χ4v) is 4.52. The molecular weight excluding hydrogens is 402 g/mol. The highest BCUT2D eigenvalue weighted by molar-refractivity contribution is 5.89. The summed E-state index contributed by atoms with van der Waals surface area (Å²) in [6.45, 7) is 1.88. The van der Waals surface area contributed by atoms with Crippen LogP contribution in [-0.4, -0.2) is 36.2 Å². The van der Waals surface area contributed by atoms with Crippen LogP contribution in [0.2, 0.25) is 0 Å². The maximum absolute atomic E-state index is 15.2. The first kappa shape index (κ1) is 19.0. The Hall–Kier alpha value is -3.03. The molecule has 2 aliphatic heterocycles. The lowest BCUT2D eigenvalue weighted by Gasteiger charge is -2.32. The van der Waals surface area contributed by atoms with Crippen molar-refractivity contribution in [3.05, 3.63) is 71.8 Å². The highest BCUT2D eigenvalue weighted by atomic mass is 19.3. The van der Waals surface area contributed by atoms with Gasteiger partial charge in [0.2, 0.25) is 5.60 Å². The molecule has 30 heavy (non-hydrogen) atoms. The van der Waals surface area contributed by atoms with Crippen molar-refractivity contribution in [1.29, 1.82) is 0 Å². The van der Waals surface area contributed by atoms with Crippen LogP contribution in [0.1, 0.15) is 22.8 Å². The van der Waals surface area contributed by atoms with Crippen LogP contribution in [-0.2, 0) is 9.47 Å². The second-order valence-electron chi connectivity index (χ2n) is 7.52. The van der Waals surface area contributed by atoms with Crippen molar-refractivity contribution in [2.45, 2.75) is 30.5 Å². The van der Waals surface area contributed by atoms with Crippen molar-refractivity contribution in [1.82, 2.24) is 0 Å². The van der Waals surface area contributed by atoms with Gasteiger partial charge < -0.3 is 9.47 Å². The molecule has 0 radical (unpaired) electrons. The van der Waals surface area contributed by atoms with Crippen molar-refractivity contribution in [3.8, 4) is 0 Å². The zero-order valence-corrected chi connectivity index (χ0v) is 15.8. The number of para-hydroxylation sites is 1. The van der Waals surface area contributed by atoms with E-state index in [0.29, 0.717) is 10.5 Å². The molecule has 8 heteroatoms. The van der Waals surface area contributed by atoms with Crippen LogP contribution in [0.5, 0.6) is 0 Å². The number of ether oxygens (including phenoxy) is 2. The molecule has 3 aliphatic rings. The minimum atomic E-state index is -3.54. The van der Waals surface area contributed by atoms with Gasteiger partial charge in [-0.3, -0.25) is 4.90 Å². The Morgan fingerprint density at radius 2 is 1.73 bits per heavy atom. The van der Waals surface area contributed by atoms with E-state index in [-0.39, 0.29) is 23.6 Å². The van der Waals surface area contributed by atoms with Crippen LogP contribution in [0, 0.1) is 5.92 Å². The molecule has 1 spiro atoms. The normalized spacial score (nSPS) is 29.5. The average Bonchev–Trinajstić information content (AvgIpc) is 3.03. The first-order valence-electron chi connectivity index (χ1n) is 9.53. The van der Waals surface area contributed by atoms with E-state index in [0.717, 1.165) is 6.08 Å². The maximum Gasteiger partial charge on any atom is 0.338 e. The topological polar surface area (TPSA) is 38.8 Å². The third-order valence-electron chi connectivity index (χ3n) is 5.91. The lowest BCUT2D eigenvalue weighted by atomic mass is 9.99. The van der Waals surface area contributed by atoms with E-state index < -0.39 is 35.5 Å². The summed E-state index contributed by atoms with van der Waals surface area (Å²) in [4.78, 5) is 12.2. The van der Waals surface area contributed by atoms with Crippen LogP contribution in [0.3, 0.4) is 0 Å². The molecule has 0 bridgehead atoms. The van der Waals surface area contributed by atoms with Gasteiger partial charge in [0, 0.05) is 11.3 Å². The third kappa shape index (κ3) is 2.24. The lowest BCUT2D eigenvalue weighted by molar-refractivity contribution is -0.105. The van der Waals surface area contributed by atoms with E-state index in [1.54, 1.807) is 13.0 Å². The van der Waals surface area contributed by atoms with Crippen LogP contribution in [0.25, 0.3) is 5.76 Å². The molecule has 0 aromatic heterocycles. The molecule has 0 amide bonds. The smallest absolute Gasteiger partial charge is 0.338 e. The first-order chi connectivity index (χ1) is 14.2. The minimum Gasteiger partial charge on any atom is -0.477 e. The fourth-order valence-electron chi connectivity index (χ4n) is 4.52. The number of halogens is 4. The summed E-state index contributed by atoms with van der Waals surface area (Å²) in [5.41, 5.74) is -1.67. The van der Waals surface area contributed by atoms with E-state index in [4.69, 9.17) is 9.47 Å².